The molecule has 0 aliphatic carbocycles. The van der Waals surface area contributed by atoms with Gasteiger partial charge in [-0.15, -0.1) is 5.10 Å². The molecule has 0 unspecified atom stereocenters. The first-order valence-corrected chi connectivity index (χ1v) is 12.7. The molecule has 1 amide bonds. The molecule has 0 bridgehead atoms. The second kappa shape index (κ2) is 14.5. The third kappa shape index (κ3) is 9.36. The number of aromatic nitrogens is 3. The maximum atomic E-state index is 12.4. The Kier molecular flexibility index (Phi) is 11.8. The highest BCUT2D eigenvalue weighted by Gasteiger charge is 2.24. The number of unbranched alkanes of at least 4 members (excludes halogenated alkanes) is 1. The first kappa shape index (κ1) is 28.4. The maximum absolute atomic E-state index is 12.4. The molecule has 0 aliphatic rings. The second-order valence-electron chi connectivity index (χ2n) is 9.12. The van der Waals surface area contributed by atoms with Gasteiger partial charge in [-0.3, -0.25) is 9.48 Å². The number of carbonyl (C=O) groups is 1. The van der Waals surface area contributed by atoms with Gasteiger partial charge in [0, 0.05) is 30.9 Å². The number of aryl methyl sites for hydroxylation is 2. The highest BCUT2D eigenvalue weighted by Crippen LogP contribution is 2.33. The molecule has 6 nitrogen and oxygen atoms in total. The fourth-order valence-electron chi connectivity index (χ4n) is 3.82. The fraction of sp³-hybridized carbons (Fsp3) is 0.464. The van der Waals surface area contributed by atoms with Crippen molar-refractivity contribution in [2.24, 2.45) is 13.0 Å². The van der Waals surface area contributed by atoms with Gasteiger partial charge in [0.2, 0.25) is 5.91 Å². The van der Waals surface area contributed by atoms with Crippen LogP contribution in [0, 0.1) is 5.92 Å². The van der Waals surface area contributed by atoms with E-state index in [-0.39, 0.29) is 11.9 Å². The number of anilines is 1. The number of halogens is 1. The number of carbonyl (C=O) groups excluding carboxylic acids is 1. The smallest absolute Gasteiger partial charge is 0.224 e. The van der Waals surface area contributed by atoms with Gasteiger partial charge in [-0.1, -0.05) is 62.6 Å². The average Bonchev–Trinajstić information content (AvgIpc) is 3.26. The summed E-state index contributed by atoms with van der Waals surface area (Å²) in [5.74, 6) is 1.56. The Morgan fingerprint density at radius 3 is 2.40 bits per heavy atom. The number of ether oxygens (including phenoxy) is 1. The number of amides is 1. The van der Waals surface area contributed by atoms with Gasteiger partial charge in [-0.2, -0.15) is 0 Å². The van der Waals surface area contributed by atoms with Crippen LogP contribution in [0.4, 0.5) is 5.69 Å². The lowest BCUT2D eigenvalue weighted by Gasteiger charge is -2.32. The summed E-state index contributed by atoms with van der Waals surface area (Å²) in [7, 11) is 3.55. The van der Waals surface area contributed by atoms with Crippen molar-refractivity contribution in [2.75, 3.05) is 12.0 Å². The number of hydrogen-bond acceptors (Lipinski definition) is 4. The Labute approximate surface area is 215 Å². The van der Waals surface area contributed by atoms with Crippen molar-refractivity contribution >= 4 is 23.2 Å². The summed E-state index contributed by atoms with van der Waals surface area (Å²) < 4.78 is 7.10. The minimum Gasteiger partial charge on any atom is -0.497 e. The number of methoxy groups -OCH3 is 1. The lowest BCUT2D eigenvalue weighted by atomic mass is 9.98. The fourth-order valence-corrected chi connectivity index (χ4v) is 3.95. The molecular weight excluding hydrogens is 460 g/mol. The minimum absolute atomic E-state index is 0.0150. The molecule has 0 N–H and O–H groups in total. The van der Waals surface area contributed by atoms with Crippen LogP contribution in [0.25, 0.3) is 0 Å². The van der Waals surface area contributed by atoms with E-state index in [0.29, 0.717) is 5.02 Å². The molecule has 0 radical (unpaired) electrons. The van der Waals surface area contributed by atoms with E-state index >= 15 is 0 Å². The van der Waals surface area contributed by atoms with Crippen LogP contribution >= 0.6 is 11.6 Å². The summed E-state index contributed by atoms with van der Waals surface area (Å²) in [5.41, 5.74) is 3.03. The third-order valence-corrected chi connectivity index (χ3v) is 5.95. The summed E-state index contributed by atoms with van der Waals surface area (Å²) in [5, 5.41) is 8.52. The Hall–Kier alpha value is -2.86. The molecule has 1 heterocycles. The molecule has 3 aromatic rings. The number of benzene rings is 2. The Morgan fingerprint density at radius 1 is 1.14 bits per heavy atom. The molecule has 190 valence electrons. The van der Waals surface area contributed by atoms with Crippen LogP contribution in [0.5, 0.6) is 5.75 Å². The summed E-state index contributed by atoms with van der Waals surface area (Å²) in [4.78, 5) is 14.3. The molecule has 7 heteroatoms. The Balaban J connectivity index is 0.000000328. The van der Waals surface area contributed by atoms with Crippen LogP contribution in [-0.2, 0) is 18.3 Å². The Bertz CT molecular complexity index is 1030. The lowest BCUT2D eigenvalue weighted by Crippen LogP contribution is -2.33. The SMILES string of the molecule is CC(C)CCc1cn(C)nn1.CCCC[C@H](c1cccc(OC)c1)N(C(C)=O)c1ccc(Cl)cc1. The van der Waals surface area contributed by atoms with Crippen molar-refractivity contribution in [3.8, 4) is 5.75 Å². The van der Waals surface area contributed by atoms with Crippen LogP contribution in [0.15, 0.2) is 54.7 Å². The molecule has 1 aromatic heterocycles. The van der Waals surface area contributed by atoms with E-state index in [0.717, 1.165) is 54.3 Å². The lowest BCUT2D eigenvalue weighted by molar-refractivity contribution is -0.117. The predicted octanol–water partition coefficient (Wildman–Crippen LogP) is 7.04. The van der Waals surface area contributed by atoms with Crippen molar-refractivity contribution in [3.05, 3.63) is 71.0 Å². The normalized spacial score (nSPS) is 11.5. The van der Waals surface area contributed by atoms with Crippen LogP contribution < -0.4 is 9.64 Å². The highest BCUT2D eigenvalue weighted by atomic mass is 35.5. The second-order valence-corrected chi connectivity index (χ2v) is 9.55. The van der Waals surface area contributed by atoms with Gasteiger partial charge in [0.15, 0.2) is 0 Å². The number of hydrogen-bond donors (Lipinski definition) is 0. The van der Waals surface area contributed by atoms with Crippen molar-refractivity contribution in [2.45, 2.75) is 65.8 Å². The van der Waals surface area contributed by atoms with E-state index in [2.05, 4.69) is 37.1 Å². The van der Waals surface area contributed by atoms with E-state index in [1.165, 1.54) is 6.42 Å². The van der Waals surface area contributed by atoms with E-state index < -0.39 is 0 Å². The van der Waals surface area contributed by atoms with E-state index in [4.69, 9.17) is 16.3 Å². The molecule has 3 rings (SSSR count). The maximum Gasteiger partial charge on any atom is 0.224 e. The quantitative estimate of drug-likeness (QED) is 0.301. The highest BCUT2D eigenvalue weighted by molar-refractivity contribution is 6.30. The van der Waals surface area contributed by atoms with E-state index in [1.54, 1.807) is 18.7 Å². The monoisotopic (exact) mass is 498 g/mol. The molecule has 35 heavy (non-hydrogen) atoms. The van der Waals surface area contributed by atoms with Crippen molar-refractivity contribution < 1.29 is 9.53 Å². The Morgan fingerprint density at radius 2 is 1.86 bits per heavy atom. The van der Waals surface area contributed by atoms with Crippen LogP contribution in [-0.4, -0.2) is 28.0 Å². The van der Waals surface area contributed by atoms with Gasteiger partial charge >= 0.3 is 0 Å². The standard InChI is InChI=1S/C20H24ClNO2.C8H15N3/c1-4-5-9-20(16-7-6-8-19(14-16)24-3)22(15(2)23)18-12-10-17(21)11-13-18;1-7(2)4-5-8-6-11(3)10-9-8/h6-8,10-14,20H,4-5,9H2,1-3H3;6-7H,4-5H2,1-3H3/t20-;/m1./s1. The molecular formula is C28H39ClN4O2. The molecule has 0 aliphatic heterocycles. The van der Waals surface area contributed by atoms with Crippen LogP contribution in [0.2, 0.25) is 5.02 Å². The molecule has 0 spiro atoms. The zero-order valence-electron chi connectivity index (χ0n) is 21.9. The van der Waals surface area contributed by atoms with Gasteiger partial charge in [-0.05, 0) is 67.1 Å². The summed E-state index contributed by atoms with van der Waals surface area (Å²) in [6.07, 6.45) is 7.23. The molecule has 2 aromatic carbocycles. The first-order chi connectivity index (χ1) is 16.7. The minimum atomic E-state index is -0.0290. The van der Waals surface area contributed by atoms with Crippen molar-refractivity contribution in [1.29, 1.82) is 0 Å². The van der Waals surface area contributed by atoms with Crippen molar-refractivity contribution in [3.63, 3.8) is 0 Å². The van der Waals surface area contributed by atoms with E-state index in [9.17, 15) is 4.79 Å². The van der Waals surface area contributed by atoms with Gasteiger partial charge in [-0.25, -0.2) is 0 Å². The van der Waals surface area contributed by atoms with Gasteiger partial charge in [0.25, 0.3) is 0 Å². The summed E-state index contributed by atoms with van der Waals surface area (Å²) >= 11 is 6.00. The molecule has 0 saturated heterocycles. The number of rotatable bonds is 10. The zero-order chi connectivity index (χ0) is 25.8. The van der Waals surface area contributed by atoms with Crippen molar-refractivity contribution in [1.82, 2.24) is 15.0 Å². The molecule has 0 fully saturated rings. The summed E-state index contributed by atoms with van der Waals surface area (Å²) in [6, 6.07) is 15.3. The third-order valence-electron chi connectivity index (χ3n) is 5.69. The van der Waals surface area contributed by atoms with Gasteiger partial charge < -0.3 is 9.64 Å². The summed E-state index contributed by atoms with van der Waals surface area (Å²) in [6.45, 7) is 8.20. The van der Waals surface area contributed by atoms with Crippen LogP contribution in [0.3, 0.4) is 0 Å². The van der Waals surface area contributed by atoms with Gasteiger partial charge in [0.05, 0.1) is 18.8 Å². The number of nitrogens with zero attached hydrogens (tertiary/aromatic N) is 4. The van der Waals surface area contributed by atoms with Crippen LogP contribution in [0.1, 0.15) is 70.7 Å². The first-order valence-electron chi connectivity index (χ1n) is 12.3. The topological polar surface area (TPSA) is 60.2 Å². The zero-order valence-corrected chi connectivity index (χ0v) is 22.6. The molecule has 1 atom stereocenters. The molecule has 0 saturated carbocycles. The van der Waals surface area contributed by atoms with Gasteiger partial charge in [0.1, 0.15) is 5.75 Å². The van der Waals surface area contributed by atoms with E-state index in [1.807, 2.05) is 60.6 Å². The largest absolute Gasteiger partial charge is 0.497 e. The average molecular weight is 499 g/mol. The predicted molar refractivity (Wildman–Crippen MR) is 144 cm³/mol.